The summed E-state index contributed by atoms with van der Waals surface area (Å²) in [6, 6.07) is 0. The fourth-order valence-electron chi connectivity index (χ4n) is 2.56. The molecule has 0 saturated heterocycles. The van der Waals surface area contributed by atoms with Crippen LogP contribution in [0.3, 0.4) is 0 Å². The highest BCUT2D eigenvalue weighted by molar-refractivity contribution is 6.32. The van der Waals surface area contributed by atoms with E-state index in [1.54, 1.807) is 0 Å². The predicted octanol–water partition coefficient (Wildman–Crippen LogP) is 2.97. The maximum atomic E-state index is 12.7. The second kappa shape index (κ2) is 3.72. The summed E-state index contributed by atoms with van der Waals surface area (Å²) in [6.45, 7) is 0. The van der Waals surface area contributed by atoms with Crippen molar-refractivity contribution in [3.8, 4) is 0 Å². The monoisotopic (exact) mass is 235 g/mol. The van der Waals surface area contributed by atoms with Gasteiger partial charge in [-0.3, -0.25) is 9.79 Å². The van der Waals surface area contributed by atoms with Crippen LogP contribution in [0.1, 0.15) is 25.7 Å². The van der Waals surface area contributed by atoms with Crippen molar-refractivity contribution >= 4 is 11.5 Å². The van der Waals surface area contributed by atoms with Gasteiger partial charge >= 0.3 is 0 Å². The molecule has 88 valence electrons. The lowest BCUT2D eigenvalue weighted by atomic mass is 9.86. The molecule has 4 heteroatoms. The van der Waals surface area contributed by atoms with Crippen molar-refractivity contribution in [3.63, 3.8) is 0 Å². The smallest absolute Gasteiger partial charge is 0.267 e. The van der Waals surface area contributed by atoms with Crippen LogP contribution in [-0.2, 0) is 4.79 Å². The van der Waals surface area contributed by atoms with Crippen LogP contribution in [0.4, 0.5) is 8.78 Å². The number of hydrogen-bond donors (Lipinski definition) is 0. The molecule has 0 amide bonds. The Morgan fingerprint density at radius 1 is 1.29 bits per heavy atom. The van der Waals surface area contributed by atoms with Crippen LogP contribution in [0.15, 0.2) is 39.6 Å². The molecule has 3 aliphatic rings. The first-order valence-electron chi connectivity index (χ1n) is 5.73. The molecule has 3 rings (SSSR count). The molecular formula is C13H11F2NO. The molecule has 0 radical (unpaired) electrons. The topological polar surface area (TPSA) is 29.4 Å². The number of hydrogen-bond acceptors (Lipinski definition) is 2. The van der Waals surface area contributed by atoms with Crippen LogP contribution in [0.5, 0.6) is 0 Å². The fourth-order valence-corrected chi connectivity index (χ4v) is 2.56. The van der Waals surface area contributed by atoms with Gasteiger partial charge in [-0.25, -0.2) is 8.78 Å². The van der Waals surface area contributed by atoms with E-state index in [2.05, 4.69) is 4.99 Å². The van der Waals surface area contributed by atoms with Crippen molar-refractivity contribution in [2.24, 2.45) is 4.99 Å². The molecule has 0 spiro atoms. The Labute approximate surface area is 97.4 Å². The van der Waals surface area contributed by atoms with Crippen LogP contribution in [0.25, 0.3) is 0 Å². The minimum absolute atomic E-state index is 0.349. The lowest BCUT2D eigenvalue weighted by Gasteiger charge is -2.16. The van der Waals surface area contributed by atoms with E-state index in [1.165, 1.54) is 6.08 Å². The molecule has 2 aliphatic carbocycles. The maximum Gasteiger partial charge on any atom is 0.267 e. The Balaban J connectivity index is 2.10. The molecule has 0 N–H and O–H groups in total. The van der Waals surface area contributed by atoms with E-state index in [1.807, 2.05) is 6.08 Å². The van der Waals surface area contributed by atoms with E-state index in [9.17, 15) is 13.6 Å². The van der Waals surface area contributed by atoms with E-state index in [0.29, 0.717) is 17.7 Å². The molecule has 0 atom stereocenters. The molecular weight excluding hydrogens is 224 g/mol. The third-order valence-corrected chi connectivity index (χ3v) is 3.36. The highest BCUT2D eigenvalue weighted by Crippen LogP contribution is 2.38. The molecule has 0 fully saturated rings. The minimum atomic E-state index is -2.69. The molecule has 0 aromatic heterocycles. The zero-order valence-electron chi connectivity index (χ0n) is 9.17. The summed E-state index contributed by atoms with van der Waals surface area (Å²) >= 11 is 0. The lowest BCUT2D eigenvalue weighted by Crippen LogP contribution is -2.22. The number of carbonyl (C=O) groups excluding carboxylic acids is 1. The fraction of sp³-hybridized carbons (Fsp3) is 0.385. The highest BCUT2D eigenvalue weighted by Gasteiger charge is 2.36. The first kappa shape index (κ1) is 10.6. The van der Waals surface area contributed by atoms with E-state index >= 15 is 0 Å². The molecule has 1 aliphatic heterocycles. The Kier molecular flexibility index (Phi) is 2.31. The van der Waals surface area contributed by atoms with E-state index in [0.717, 1.165) is 30.5 Å². The first-order chi connectivity index (χ1) is 8.18. The zero-order valence-corrected chi connectivity index (χ0v) is 9.17. The number of carbonyl (C=O) groups is 1. The molecule has 17 heavy (non-hydrogen) atoms. The molecule has 0 bridgehead atoms. The van der Waals surface area contributed by atoms with E-state index in [-0.39, 0.29) is 5.57 Å². The lowest BCUT2D eigenvalue weighted by molar-refractivity contribution is -0.113. The van der Waals surface area contributed by atoms with Gasteiger partial charge in [-0.05, 0) is 24.8 Å². The maximum absolute atomic E-state index is 12.7. The van der Waals surface area contributed by atoms with Crippen LogP contribution < -0.4 is 0 Å². The largest absolute Gasteiger partial charge is 0.289 e. The molecule has 0 aromatic carbocycles. The van der Waals surface area contributed by atoms with Crippen molar-refractivity contribution in [1.29, 1.82) is 0 Å². The number of rotatable bonds is 1. The van der Waals surface area contributed by atoms with Gasteiger partial charge < -0.3 is 0 Å². The van der Waals surface area contributed by atoms with Gasteiger partial charge in [-0.2, -0.15) is 0 Å². The van der Waals surface area contributed by atoms with Crippen molar-refractivity contribution < 1.29 is 13.6 Å². The van der Waals surface area contributed by atoms with Gasteiger partial charge in [0.05, 0.1) is 17.0 Å². The Morgan fingerprint density at radius 3 is 2.88 bits per heavy atom. The van der Waals surface area contributed by atoms with Crippen molar-refractivity contribution in [1.82, 2.24) is 0 Å². The van der Waals surface area contributed by atoms with E-state index < -0.39 is 12.2 Å². The number of aliphatic imine (C=N–C) groups is 1. The average Bonchev–Trinajstić information content (AvgIpc) is 2.67. The summed E-state index contributed by atoms with van der Waals surface area (Å²) in [6.07, 6.45) is 3.66. The number of allylic oxidation sites excluding steroid dienone is 5. The van der Waals surface area contributed by atoms with Crippen LogP contribution in [0.2, 0.25) is 0 Å². The minimum Gasteiger partial charge on any atom is -0.289 e. The quantitative estimate of drug-likeness (QED) is 0.687. The second-order valence-electron chi connectivity index (χ2n) is 4.39. The van der Waals surface area contributed by atoms with Crippen LogP contribution in [-0.4, -0.2) is 17.9 Å². The number of nitrogens with zero attached hydrogens (tertiary/aromatic N) is 1. The van der Waals surface area contributed by atoms with Gasteiger partial charge in [0.1, 0.15) is 0 Å². The molecule has 0 saturated carbocycles. The summed E-state index contributed by atoms with van der Waals surface area (Å²) < 4.78 is 25.4. The number of fused-ring (bicyclic) bond motifs is 2. The first-order valence-corrected chi connectivity index (χ1v) is 5.73. The SMILES string of the molecule is O=C1C(C(F)F)=CCC2=NC3=CCCCC3=C12. The molecule has 0 unspecified atom stereocenters. The summed E-state index contributed by atoms with van der Waals surface area (Å²) in [5.74, 6) is -0.523. The predicted molar refractivity (Wildman–Crippen MR) is 60.1 cm³/mol. The normalized spacial score (nSPS) is 23.2. The Hall–Kier alpha value is -1.58. The van der Waals surface area contributed by atoms with Gasteiger partial charge in [0.15, 0.2) is 5.78 Å². The van der Waals surface area contributed by atoms with Crippen LogP contribution >= 0.6 is 0 Å². The van der Waals surface area contributed by atoms with Crippen molar-refractivity contribution in [2.75, 3.05) is 0 Å². The van der Waals surface area contributed by atoms with Gasteiger partial charge in [0.25, 0.3) is 6.43 Å². The van der Waals surface area contributed by atoms with Crippen LogP contribution in [0, 0.1) is 0 Å². The van der Waals surface area contributed by atoms with Crippen molar-refractivity contribution in [2.45, 2.75) is 32.1 Å². The van der Waals surface area contributed by atoms with Gasteiger partial charge in [0, 0.05) is 12.0 Å². The highest BCUT2D eigenvalue weighted by atomic mass is 19.3. The van der Waals surface area contributed by atoms with Gasteiger partial charge in [-0.15, -0.1) is 0 Å². The third-order valence-electron chi connectivity index (χ3n) is 3.36. The second-order valence-corrected chi connectivity index (χ2v) is 4.39. The average molecular weight is 235 g/mol. The third kappa shape index (κ3) is 1.51. The molecule has 0 aromatic rings. The molecule has 2 nitrogen and oxygen atoms in total. The standard InChI is InChI=1S/C13H11F2NO/c14-13(15)8-5-6-10-11(12(8)17)7-3-1-2-4-9(7)16-10/h4-5,13H,1-3,6H2. The number of alkyl halides is 2. The van der Waals surface area contributed by atoms with Gasteiger partial charge in [0.2, 0.25) is 0 Å². The number of Topliss-reactive ketones (excluding diaryl/α,β-unsaturated/α-hetero) is 1. The number of halogens is 2. The Bertz CT molecular complexity index is 524. The number of ketones is 1. The van der Waals surface area contributed by atoms with Crippen molar-refractivity contribution in [3.05, 3.63) is 34.6 Å². The van der Waals surface area contributed by atoms with E-state index in [4.69, 9.17) is 0 Å². The van der Waals surface area contributed by atoms with Gasteiger partial charge in [-0.1, -0.05) is 12.2 Å². The summed E-state index contributed by atoms with van der Waals surface area (Å²) in [5.41, 5.74) is 2.47. The summed E-state index contributed by atoms with van der Waals surface area (Å²) in [7, 11) is 0. The summed E-state index contributed by atoms with van der Waals surface area (Å²) in [4.78, 5) is 16.4. The summed E-state index contributed by atoms with van der Waals surface area (Å²) in [5, 5.41) is 0. The molecule has 1 heterocycles. The zero-order chi connectivity index (χ0) is 12.0. The Morgan fingerprint density at radius 2 is 2.12 bits per heavy atom.